The molecule has 9 nitrogen and oxygen atoms in total. The van der Waals surface area contributed by atoms with E-state index >= 15 is 0 Å². The van der Waals surface area contributed by atoms with Crippen molar-refractivity contribution in [1.82, 2.24) is 29.5 Å². The van der Waals surface area contributed by atoms with Crippen molar-refractivity contribution in [3.8, 4) is 5.75 Å². The number of para-hydroxylation sites is 1. The second-order valence-corrected chi connectivity index (χ2v) is 12.4. The summed E-state index contributed by atoms with van der Waals surface area (Å²) in [5.74, 6) is -3.32. The van der Waals surface area contributed by atoms with E-state index in [9.17, 15) is 18.4 Å². The predicted molar refractivity (Wildman–Crippen MR) is 162 cm³/mol. The van der Waals surface area contributed by atoms with Crippen molar-refractivity contribution in [2.45, 2.75) is 44.3 Å². The number of ether oxygens (including phenoxy) is 1. The first-order valence-electron chi connectivity index (χ1n) is 14.7. The Morgan fingerprint density at radius 3 is 2.57 bits per heavy atom. The summed E-state index contributed by atoms with van der Waals surface area (Å²) < 4.78 is 37.7. The van der Waals surface area contributed by atoms with Gasteiger partial charge in [-0.1, -0.05) is 12.1 Å². The molecular formula is C32H30F2N6O3S. The quantitative estimate of drug-likeness (QED) is 0.234. The first kappa shape index (κ1) is 28.3. The zero-order valence-corrected chi connectivity index (χ0v) is 24.7. The van der Waals surface area contributed by atoms with Crippen molar-refractivity contribution < 1.29 is 23.1 Å². The van der Waals surface area contributed by atoms with Gasteiger partial charge in [0.15, 0.2) is 0 Å². The maximum absolute atomic E-state index is 14.3. The van der Waals surface area contributed by atoms with Crippen LogP contribution in [-0.2, 0) is 6.61 Å². The lowest BCUT2D eigenvalue weighted by molar-refractivity contribution is -0.0560. The molecular weight excluding hydrogens is 586 g/mol. The van der Waals surface area contributed by atoms with Crippen molar-refractivity contribution in [3.05, 3.63) is 83.3 Å². The van der Waals surface area contributed by atoms with E-state index in [1.54, 1.807) is 29.3 Å². The van der Waals surface area contributed by atoms with Gasteiger partial charge in [-0.05, 0) is 61.7 Å². The minimum Gasteiger partial charge on any atom is -0.486 e. The molecule has 0 aliphatic carbocycles. The van der Waals surface area contributed by atoms with Crippen molar-refractivity contribution in [2.75, 3.05) is 26.2 Å². The van der Waals surface area contributed by atoms with E-state index in [4.69, 9.17) is 4.74 Å². The molecule has 0 radical (unpaired) electrons. The van der Waals surface area contributed by atoms with E-state index in [1.165, 1.54) is 22.3 Å². The molecule has 5 heterocycles. The summed E-state index contributed by atoms with van der Waals surface area (Å²) in [7, 11) is 0. The average molecular weight is 617 g/mol. The monoisotopic (exact) mass is 616 g/mol. The molecule has 12 heteroatoms. The largest absolute Gasteiger partial charge is 0.486 e. The number of alkyl halides is 2. The Labute approximate surface area is 256 Å². The highest BCUT2D eigenvalue weighted by atomic mass is 32.1. The molecule has 2 aliphatic heterocycles. The number of thiazole rings is 1. The highest BCUT2D eigenvalue weighted by Gasteiger charge is 2.38. The third kappa shape index (κ3) is 5.73. The van der Waals surface area contributed by atoms with Gasteiger partial charge in [-0.15, -0.1) is 11.3 Å². The van der Waals surface area contributed by atoms with E-state index in [1.807, 2.05) is 41.2 Å². The van der Waals surface area contributed by atoms with Gasteiger partial charge in [0.05, 0.1) is 33.9 Å². The summed E-state index contributed by atoms with van der Waals surface area (Å²) >= 11 is 1.54. The fourth-order valence-corrected chi connectivity index (χ4v) is 6.89. The number of hydrogen-bond donors (Lipinski definition) is 0. The number of piperidine rings is 2. The molecule has 0 unspecified atom stereocenters. The molecule has 0 N–H and O–H groups in total. The standard InChI is InChI=1S/C32H30F2N6O3S/c33-32(34)11-3-13-39(20-32)30(41)24-18-27(31(42)38-15-9-21(10-16-38)40-14-4-12-35-40)36-25-8-7-22(17-23(24)25)43-19-29-37-26-5-1-2-6-28(26)44-29/h1-2,4-8,12,14,17-18,21H,3,9-11,13,15-16,19-20H2. The molecule has 2 fully saturated rings. The minimum atomic E-state index is -2.96. The number of halogens is 2. The van der Waals surface area contributed by atoms with Gasteiger partial charge in [0, 0.05) is 43.8 Å². The van der Waals surface area contributed by atoms with Crippen LogP contribution in [-0.4, -0.2) is 73.5 Å². The topological polar surface area (TPSA) is 93.5 Å². The van der Waals surface area contributed by atoms with Crippen LogP contribution in [0.25, 0.3) is 21.1 Å². The average Bonchev–Trinajstić information content (AvgIpc) is 3.73. The maximum atomic E-state index is 14.3. The second kappa shape index (κ2) is 11.6. The summed E-state index contributed by atoms with van der Waals surface area (Å²) in [4.78, 5) is 39.6. The summed E-state index contributed by atoms with van der Waals surface area (Å²) in [5, 5.41) is 5.57. The smallest absolute Gasteiger partial charge is 0.272 e. The minimum absolute atomic E-state index is 0.116. The molecule has 5 aromatic rings. The summed E-state index contributed by atoms with van der Waals surface area (Å²) in [6, 6.07) is 16.5. The molecule has 2 saturated heterocycles. The van der Waals surface area contributed by atoms with Crippen LogP contribution in [0.2, 0.25) is 0 Å². The number of nitrogens with zero attached hydrogens (tertiary/aromatic N) is 6. The second-order valence-electron chi connectivity index (χ2n) is 11.3. The number of carbonyl (C=O) groups excluding carboxylic acids is 2. The van der Waals surface area contributed by atoms with Gasteiger partial charge in [0.25, 0.3) is 17.7 Å². The zero-order valence-electron chi connectivity index (χ0n) is 23.9. The Kier molecular flexibility index (Phi) is 7.45. The van der Waals surface area contributed by atoms with Crippen LogP contribution < -0.4 is 4.74 Å². The van der Waals surface area contributed by atoms with Gasteiger partial charge in [-0.2, -0.15) is 5.10 Å². The van der Waals surface area contributed by atoms with Crippen LogP contribution in [0.15, 0.2) is 67.0 Å². The number of pyridine rings is 1. The molecule has 2 aliphatic rings. The lowest BCUT2D eigenvalue weighted by atomic mass is 10.0. The van der Waals surface area contributed by atoms with Gasteiger partial charge in [-0.25, -0.2) is 18.7 Å². The number of likely N-dealkylation sites (tertiary alicyclic amines) is 2. The fraction of sp³-hybridized carbons (Fsp3) is 0.344. The maximum Gasteiger partial charge on any atom is 0.272 e. The summed E-state index contributed by atoms with van der Waals surface area (Å²) in [5.41, 5.74) is 1.59. The van der Waals surface area contributed by atoms with Gasteiger partial charge >= 0.3 is 0 Å². The molecule has 7 rings (SSSR count). The Bertz CT molecular complexity index is 1800. The van der Waals surface area contributed by atoms with Crippen LogP contribution in [0.3, 0.4) is 0 Å². The number of amides is 2. The van der Waals surface area contributed by atoms with Crippen LogP contribution in [0.5, 0.6) is 5.75 Å². The Balaban J connectivity index is 1.18. The van der Waals surface area contributed by atoms with Crippen molar-refractivity contribution >= 4 is 44.3 Å². The summed E-state index contributed by atoms with van der Waals surface area (Å²) in [6.45, 7) is 0.821. The molecule has 0 atom stereocenters. The Morgan fingerprint density at radius 1 is 0.955 bits per heavy atom. The Morgan fingerprint density at radius 2 is 1.80 bits per heavy atom. The number of hydrogen-bond acceptors (Lipinski definition) is 7. The highest BCUT2D eigenvalue weighted by molar-refractivity contribution is 7.18. The highest BCUT2D eigenvalue weighted by Crippen LogP contribution is 2.32. The molecule has 226 valence electrons. The normalized spacial score (nSPS) is 17.3. The predicted octanol–water partition coefficient (Wildman–Crippen LogP) is 5.97. The molecule has 2 amide bonds. The third-order valence-corrected chi connectivity index (χ3v) is 9.27. The number of benzene rings is 2. The van der Waals surface area contributed by atoms with Crippen molar-refractivity contribution in [3.63, 3.8) is 0 Å². The lowest BCUT2D eigenvalue weighted by Gasteiger charge is -2.33. The molecule has 2 aromatic carbocycles. The number of fused-ring (bicyclic) bond motifs is 2. The molecule has 3 aromatic heterocycles. The van der Waals surface area contributed by atoms with Gasteiger partial charge < -0.3 is 14.5 Å². The first-order chi connectivity index (χ1) is 21.3. The van der Waals surface area contributed by atoms with Crippen LogP contribution in [0.1, 0.15) is 57.6 Å². The molecule has 0 spiro atoms. The van der Waals surface area contributed by atoms with Gasteiger partial charge in [0.1, 0.15) is 23.1 Å². The SMILES string of the molecule is O=C(c1cc(C(=O)N2CCCC(F)(F)C2)c2cc(OCc3nc4ccccc4s3)ccc2n1)N1CCC(n2cccn2)CC1. The fourth-order valence-electron chi connectivity index (χ4n) is 6.01. The number of carbonyl (C=O) groups is 2. The van der Waals surface area contributed by atoms with E-state index in [0.717, 1.165) is 28.1 Å². The van der Waals surface area contributed by atoms with Gasteiger partial charge in [0.2, 0.25) is 0 Å². The van der Waals surface area contributed by atoms with Crippen molar-refractivity contribution in [1.29, 1.82) is 0 Å². The van der Waals surface area contributed by atoms with E-state index in [-0.39, 0.29) is 49.2 Å². The Hall–Kier alpha value is -4.45. The van der Waals surface area contributed by atoms with Gasteiger partial charge in [-0.3, -0.25) is 14.3 Å². The van der Waals surface area contributed by atoms with Crippen molar-refractivity contribution in [2.24, 2.45) is 0 Å². The third-order valence-electron chi connectivity index (χ3n) is 8.26. The van der Waals surface area contributed by atoms with E-state index < -0.39 is 18.4 Å². The van der Waals surface area contributed by atoms with Crippen LogP contribution >= 0.6 is 11.3 Å². The number of rotatable bonds is 6. The molecule has 0 saturated carbocycles. The summed E-state index contributed by atoms with van der Waals surface area (Å²) in [6.07, 6.45) is 5.10. The molecule has 0 bridgehead atoms. The zero-order chi connectivity index (χ0) is 30.3. The number of aromatic nitrogens is 4. The van der Waals surface area contributed by atoms with Crippen LogP contribution in [0, 0.1) is 0 Å². The van der Waals surface area contributed by atoms with Crippen LogP contribution in [0.4, 0.5) is 8.78 Å². The first-order valence-corrected chi connectivity index (χ1v) is 15.5. The molecule has 44 heavy (non-hydrogen) atoms. The lowest BCUT2D eigenvalue weighted by Crippen LogP contribution is -2.45. The van der Waals surface area contributed by atoms with E-state index in [2.05, 4.69) is 15.1 Å². The van der Waals surface area contributed by atoms with E-state index in [0.29, 0.717) is 29.7 Å².